The second-order valence-corrected chi connectivity index (χ2v) is 16.0. The van der Waals surface area contributed by atoms with Gasteiger partial charge in [-0.3, -0.25) is 9.98 Å². The Hall–Kier alpha value is -1.73. The average molecular weight is 772 g/mol. The number of nitrogens with zero attached hydrogens (tertiary/aromatic N) is 2. The Labute approximate surface area is 340 Å². The van der Waals surface area contributed by atoms with Gasteiger partial charge in [-0.15, -0.1) is 0 Å². The van der Waals surface area contributed by atoms with Crippen LogP contribution < -0.4 is 0 Å². The van der Waals surface area contributed by atoms with Crippen molar-refractivity contribution >= 4 is 22.8 Å². The van der Waals surface area contributed by atoms with Crippen molar-refractivity contribution in [2.45, 2.75) is 234 Å². The zero-order chi connectivity index (χ0) is 37.5. The largest absolute Gasteiger partial charge is 0.252 e. The molecule has 2 aromatic rings. The number of aryl methyl sites for hydroxylation is 4. The van der Waals surface area contributed by atoms with Crippen LogP contribution in [-0.2, 0) is 42.2 Å². The Bertz CT molecular complexity index is 1080. The molecule has 0 saturated carbocycles. The maximum Gasteiger partial charge on any atom is 0.0639 e. The molecule has 0 bridgehead atoms. The topological polar surface area (TPSA) is 24.7 Å². The van der Waals surface area contributed by atoms with E-state index < -0.39 is 0 Å². The van der Waals surface area contributed by atoms with Crippen molar-refractivity contribution in [3.63, 3.8) is 0 Å². The summed E-state index contributed by atoms with van der Waals surface area (Å²) in [6.45, 7) is 13.9. The van der Waals surface area contributed by atoms with Crippen molar-refractivity contribution in [3.05, 3.63) is 58.7 Å². The standard InChI is InChI=1S/C50H84N2.Ni/c1-7-13-19-21-23-29-35-49(51-47-39-43(31-25-15-9-3)37-44(40-47)32-26-16-10-4)50(36-30-24-22-20-14-8-2)52-48-41-45(33-27-17-11-5)38-46(42-48)34-28-18-12-6;/h37-42H,7-36H2,1-6H3;. The first kappa shape index (κ1) is 49.3. The summed E-state index contributed by atoms with van der Waals surface area (Å²) in [4.78, 5) is 11.3. The minimum Gasteiger partial charge on any atom is -0.252 e. The predicted octanol–water partition coefficient (Wildman–Crippen LogP) is 17.0. The van der Waals surface area contributed by atoms with Crippen molar-refractivity contribution in [1.29, 1.82) is 0 Å². The molecule has 0 fully saturated rings. The summed E-state index contributed by atoms with van der Waals surface area (Å²) in [5, 5.41) is 0. The summed E-state index contributed by atoms with van der Waals surface area (Å²) in [7, 11) is 0. The molecule has 0 aliphatic rings. The number of unbranched alkanes of at least 4 members (excludes halogenated alkanes) is 18. The predicted molar refractivity (Wildman–Crippen MR) is 236 cm³/mol. The van der Waals surface area contributed by atoms with Crippen LogP contribution in [-0.4, -0.2) is 11.4 Å². The molecular weight excluding hydrogens is 687 g/mol. The van der Waals surface area contributed by atoms with Crippen molar-refractivity contribution in [3.8, 4) is 0 Å². The van der Waals surface area contributed by atoms with Crippen LogP contribution in [0.2, 0.25) is 0 Å². The molecule has 304 valence electrons. The van der Waals surface area contributed by atoms with Gasteiger partial charge >= 0.3 is 0 Å². The molecule has 0 radical (unpaired) electrons. The first-order chi connectivity index (χ1) is 25.6. The van der Waals surface area contributed by atoms with Crippen LogP contribution >= 0.6 is 0 Å². The third-order valence-electron chi connectivity index (χ3n) is 10.7. The van der Waals surface area contributed by atoms with Gasteiger partial charge in [-0.25, -0.2) is 0 Å². The Kier molecular flexibility index (Phi) is 31.2. The van der Waals surface area contributed by atoms with E-state index in [9.17, 15) is 0 Å². The molecule has 0 heterocycles. The molecule has 0 atom stereocenters. The van der Waals surface area contributed by atoms with E-state index >= 15 is 0 Å². The van der Waals surface area contributed by atoms with Gasteiger partial charge in [0.15, 0.2) is 0 Å². The maximum absolute atomic E-state index is 5.65. The molecule has 0 aromatic heterocycles. The van der Waals surface area contributed by atoms with E-state index in [1.807, 2.05) is 0 Å². The van der Waals surface area contributed by atoms with Gasteiger partial charge < -0.3 is 0 Å². The fourth-order valence-electron chi connectivity index (χ4n) is 7.50. The van der Waals surface area contributed by atoms with E-state index in [0.29, 0.717) is 0 Å². The Balaban J connectivity index is 0.0000140. The summed E-state index contributed by atoms with van der Waals surface area (Å²) in [5.74, 6) is 0. The molecule has 0 N–H and O–H groups in total. The zero-order valence-corrected chi connectivity index (χ0v) is 36.9. The van der Waals surface area contributed by atoms with Gasteiger partial charge in [-0.05, 0) is 124 Å². The number of benzene rings is 2. The molecule has 0 aliphatic heterocycles. The first-order valence-electron chi connectivity index (χ1n) is 23.0. The van der Waals surface area contributed by atoms with Gasteiger partial charge in [-0.1, -0.05) is 169 Å². The number of rotatable bonds is 33. The van der Waals surface area contributed by atoms with E-state index in [4.69, 9.17) is 9.98 Å². The van der Waals surface area contributed by atoms with Gasteiger partial charge in [0.2, 0.25) is 0 Å². The molecule has 3 heteroatoms. The molecule has 0 aliphatic carbocycles. The van der Waals surface area contributed by atoms with Crippen molar-refractivity contribution in [2.24, 2.45) is 9.98 Å². The maximum atomic E-state index is 5.65. The van der Waals surface area contributed by atoms with Gasteiger partial charge in [0.1, 0.15) is 0 Å². The Morgan fingerprint density at radius 3 is 0.849 bits per heavy atom. The third kappa shape index (κ3) is 23.7. The molecular formula is C50H84N2Ni. The summed E-state index contributed by atoms with van der Waals surface area (Å²) in [5.41, 5.74) is 10.8. The minimum atomic E-state index is 0. The van der Waals surface area contributed by atoms with Crippen LogP contribution in [0, 0.1) is 0 Å². The molecule has 2 aromatic carbocycles. The van der Waals surface area contributed by atoms with Crippen LogP contribution in [0.5, 0.6) is 0 Å². The number of hydrogen-bond donors (Lipinski definition) is 0. The van der Waals surface area contributed by atoms with E-state index in [0.717, 1.165) is 38.5 Å². The van der Waals surface area contributed by atoms with Crippen molar-refractivity contribution < 1.29 is 16.5 Å². The second kappa shape index (κ2) is 33.6. The van der Waals surface area contributed by atoms with Crippen molar-refractivity contribution in [1.82, 2.24) is 0 Å². The Morgan fingerprint density at radius 2 is 0.566 bits per heavy atom. The van der Waals surface area contributed by atoms with E-state index in [-0.39, 0.29) is 16.5 Å². The quantitative estimate of drug-likeness (QED) is 0.0392. The van der Waals surface area contributed by atoms with Crippen LogP contribution in [0.1, 0.15) is 231 Å². The van der Waals surface area contributed by atoms with Crippen LogP contribution in [0.25, 0.3) is 0 Å². The van der Waals surface area contributed by atoms with E-state index in [1.165, 1.54) is 199 Å². The van der Waals surface area contributed by atoms with Gasteiger partial charge in [-0.2, -0.15) is 0 Å². The van der Waals surface area contributed by atoms with Crippen LogP contribution in [0.3, 0.4) is 0 Å². The number of hydrogen-bond acceptors (Lipinski definition) is 2. The third-order valence-corrected chi connectivity index (χ3v) is 10.7. The monoisotopic (exact) mass is 771 g/mol. The SMILES string of the molecule is CCCCCCCCC(=Nc1cc(CCCCC)cc(CCCCC)c1)C(CCCCCCCC)=Nc1cc(CCCCC)cc(CCCCC)c1.[Ni]. The molecule has 2 nitrogen and oxygen atoms in total. The molecule has 2 rings (SSSR count). The molecule has 0 unspecified atom stereocenters. The first-order valence-corrected chi connectivity index (χ1v) is 23.0. The van der Waals surface area contributed by atoms with Gasteiger partial charge in [0, 0.05) is 16.5 Å². The average Bonchev–Trinajstić information content (AvgIpc) is 3.14. The fourth-order valence-corrected chi connectivity index (χ4v) is 7.50. The summed E-state index contributed by atoms with van der Waals surface area (Å²) < 4.78 is 0. The molecule has 0 saturated heterocycles. The van der Waals surface area contributed by atoms with Gasteiger partial charge in [0.05, 0.1) is 22.8 Å². The number of aliphatic imine (C=N–C) groups is 2. The smallest absolute Gasteiger partial charge is 0.0639 e. The molecule has 0 amide bonds. The summed E-state index contributed by atoms with van der Waals surface area (Å²) >= 11 is 0. The normalized spacial score (nSPS) is 12.0. The van der Waals surface area contributed by atoms with E-state index in [2.05, 4.69) is 77.9 Å². The van der Waals surface area contributed by atoms with Crippen LogP contribution in [0.15, 0.2) is 46.4 Å². The summed E-state index contributed by atoms with van der Waals surface area (Å²) in [6.07, 6.45) is 37.7. The summed E-state index contributed by atoms with van der Waals surface area (Å²) in [6, 6.07) is 14.7. The zero-order valence-electron chi connectivity index (χ0n) is 35.9. The molecule has 0 spiro atoms. The second-order valence-electron chi connectivity index (χ2n) is 16.0. The van der Waals surface area contributed by atoms with Crippen LogP contribution in [0.4, 0.5) is 11.4 Å². The Morgan fingerprint density at radius 1 is 0.321 bits per heavy atom. The fraction of sp³-hybridized carbons (Fsp3) is 0.720. The van der Waals surface area contributed by atoms with Gasteiger partial charge in [0.25, 0.3) is 0 Å². The minimum absolute atomic E-state index is 0. The van der Waals surface area contributed by atoms with Crippen molar-refractivity contribution in [2.75, 3.05) is 0 Å². The molecule has 53 heavy (non-hydrogen) atoms. The van der Waals surface area contributed by atoms with E-state index in [1.54, 1.807) is 0 Å².